The molecule has 1 atom stereocenters. The van der Waals surface area contributed by atoms with Crippen molar-refractivity contribution in [1.29, 1.82) is 0 Å². The molecule has 2 aliphatic rings. The second-order valence-electron chi connectivity index (χ2n) is 10.4. The van der Waals surface area contributed by atoms with Crippen LogP contribution in [0.1, 0.15) is 35.0 Å². The van der Waals surface area contributed by atoms with Crippen LogP contribution >= 0.6 is 11.3 Å². The van der Waals surface area contributed by atoms with Crippen molar-refractivity contribution < 1.29 is 17.9 Å². The number of fused-ring (bicyclic) bond motifs is 1. The van der Waals surface area contributed by atoms with E-state index >= 15 is 0 Å². The number of hydrogen-bond donors (Lipinski definition) is 1. The third kappa shape index (κ3) is 4.66. The molecule has 11 heteroatoms. The summed E-state index contributed by atoms with van der Waals surface area (Å²) >= 11 is 1.34. The molecule has 200 valence electrons. The van der Waals surface area contributed by atoms with E-state index in [1.54, 1.807) is 32.7 Å². The van der Waals surface area contributed by atoms with E-state index in [1.165, 1.54) is 23.5 Å². The lowest BCUT2D eigenvalue weighted by Gasteiger charge is -2.44. The zero-order valence-electron chi connectivity index (χ0n) is 21.3. The molecule has 0 bridgehead atoms. The van der Waals surface area contributed by atoms with Crippen LogP contribution in [0.3, 0.4) is 0 Å². The number of piperazine rings is 1. The summed E-state index contributed by atoms with van der Waals surface area (Å²) in [7, 11) is -3.71. The summed E-state index contributed by atoms with van der Waals surface area (Å²) in [6.07, 6.45) is 3.13. The number of aliphatic hydroxyl groups is 1. The molecule has 38 heavy (non-hydrogen) atoms. The molecule has 0 amide bonds. The van der Waals surface area contributed by atoms with Crippen LogP contribution in [0.4, 0.5) is 4.39 Å². The summed E-state index contributed by atoms with van der Waals surface area (Å²) in [6, 6.07) is 10.3. The number of aliphatic hydroxyl groups excluding tert-OH is 1. The van der Waals surface area contributed by atoms with E-state index in [9.17, 15) is 17.9 Å². The number of benzene rings is 2. The van der Waals surface area contributed by atoms with E-state index in [1.807, 2.05) is 13.8 Å². The minimum atomic E-state index is -3.71. The van der Waals surface area contributed by atoms with E-state index in [-0.39, 0.29) is 23.0 Å². The molecule has 0 radical (unpaired) electrons. The topological polar surface area (TPSA) is 91.6 Å². The average molecular weight is 556 g/mol. The smallest absolute Gasteiger partial charge is 0.261 e. The van der Waals surface area contributed by atoms with Crippen LogP contribution < -0.4 is 0 Å². The maximum Gasteiger partial charge on any atom is 0.261 e. The molecule has 1 saturated carbocycles. The van der Waals surface area contributed by atoms with Crippen molar-refractivity contribution in [2.45, 2.75) is 43.9 Å². The Morgan fingerprint density at radius 3 is 2.58 bits per heavy atom. The third-order valence-electron chi connectivity index (χ3n) is 7.75. The molecule has 2 aromatic carbocycles. The van der Waals surface area contributed by atoms with Crippen molar-refractivity contribution in [3.8, 4) is 5.69 Å². The number of nitrogens with zero attached hydrogens (tertiary/aromatic N) is 5. The van der Waals surface area contributed by atoms with Gasteiger partial charge in [-0.2, -0.15) is 9.40 Å². The van der Waals surface area contributed by atoms with E-state index in [0.29, 0.717) is 25.6 Å². The largest absolute Gasteiger partial charge is 0.393 e. The number of aromatic nitrogens is 3. The monoisotopic (exact) mass is 555 g/mol. The van der Waals surface area contributed by atoms with E-state index in [0.717, 1.165) is 52.1 Å². The second-order valence-corrected chi connectivity index (χ2v) is 13.3. The first-order valence-corrected chi connectivity index (χ1v) is 15.1. The number of aryl methyl sites for hydroxylation is 2. The first-order chi connectivity index (χ1) is 18.2. The van der Waals surface area contributed by atoms with Gasteiger partial charge in [-0.1, -0.05) is 0 Å². The van der Waals surface area contributed by atoms with Gasteiger partial charge in [0, 0.05) is 43.0 Å². The van der Waals surface area contributed by atoms with E-state index in [4.69, 9.17) is 0 Å². The third-order valence-corrected chi connectivity index (χ3v) is 10.4. The van der Waals surface area contributed by atoms with Gasteiger partial charge in [0.15, 0.2) is 5.03 Å². The van der Waals surface area contributed by atoms with Crippen molar-refractivity contribution >= 4 is 32.3 Å². The molecule has 2 aromatic heterocycles. The summed E-state index contributed by atoms with van der Waals surface area (Å²) < 4.78 is 43.8. The zero-order valence-corrected chi connectivity index (χ0v) is 22.9. The SMILES string of the molecule is Cc1nc(S(=O)(=O)N2CCN(CC3CC(O)C3)[C@@H](c3cc4cnn(-c5ccc(F)cc5)c4cc3C)C2)cs1. The van der Waals surface area contributed by atoms with Gasteiger partial charge in [0.2, 0.25) is 0 Å². The summed E-state index contributed by atoms with van der Waals surface area (Å²) in [6.45, 7) is 5.99. The summed E-state index contributed by atoms with van der Waals surface area (Å²) in [5.74, 6) is 0.106. The van der Waals surface area contributed by atoms with Crippen LogP contribution in [0.5, 0.6) is 0 Å². The van der Waals surface area contributed by atoms with Gasteiger partial charge in [-0.15, -0.1) is 11.3 Å². The van der Waals surface area contributed by atoms with Crippen LogP contribution in [0.2, 0.25) is 0 Å². The lowest BCUT2D eigenvalue weighted by atomic mass is 9.81. The van der Waals surface area contributed by atoms with E-state index in [2.05, 4.69) is 27.1 Å². The van der Waals surface area contributed by atoms with Crippen molar-refractivity contribution in [1.82, 2.24) is 24.0 Å². The Morgan fingerprint density at radius 2 is 1.89 bits per heavy atom. The fourth-order valence-corrected chi connectivity index (χ4v) is 7.99. The van der Waals surface area contributed by atoms with Crippen LogP contribution in [-0.2, 0) is 10.0 Å². The summed E-state index contributed by atoms with van der Waals surface area (Å²) in [4.78, 5) is 6.63. The number of halogens is 1. The minimum Gasteiger partial charge on any atom is -0.393 e. The number of sulfonamides is 1. The Balaban J connectivity index is 1.36. The quantitative estimate of drug-likeness (QED) is 0.386. The van der Waals surface area contributed by atoms with Gasteiger partial charge in [-0.3, -0.25) is 4.90 Å². The Morgan fingerprint density at radius 1 is 1.13 bits per heavy atom. The molecule has 2 fully saturated rings. The Bertz CT molecular complexity index is 1580. The molecule has 6 rings (SSSR count). The average Bonchev–Trinajstić information content (AvgIpc) is 3.50. The minimum absolute atomic E-state index is 0.113. The van der Waals surface area contributed by atoms with Gasteiger partial charge >= 0.3 is 0 Å². The zero-order chi connectivity index (χ0) is 26.6. The molecular formula is C27H30FN5O3S2. The normalized spacial score (nSPS) is 23.1. The molecule has 4 aromatic rings. The molecule has 1 aliphatic carbocycles. The Hall–Kier alpha value is -2.70. The molecule has 0 spiro atoms. The highest BCUT2D eigenvalue weighted by molar-refractivity contribution is 7.89. The molecule has 1 N–H and O–H groups in total. The first kappa shape index (κ1) is 25.6. The molecule has 0 unspecified atom stereocenters. The second kappa shape index (κ2) is 9.80. The van der Waals surface area contributed by atoms with Gasteiger partial charge in [0.05, 0.1) is 28.5 Å². The predicted octanol–water partition coefficient (Wildman–Crippen LogP) is 4.06. The molecule has 8 nitrogen and oxygen atoms in total. The lowest BCUT2D eigenvalue weighted by molar-refractivity contribution is 0.00593. The molecule has 3 heterocycles. The van der Waals surface area contributed by atoms with Gasteiger partial charge in [-0.25, -0.2) is 22.5 Å². The molecule has 1 saturated heterocycles. The van der Waals surface area contributed by atoms with E-state index < -0.39 is 10.0 Å². The Labute approximate surface area is 225 Å². The highest BCUT2D eigenvalue weighted by Gasteiger charge is 2.39. The van der Waals surface area contributed by atoms with Crippen molar-refractivity contribution in [2.24, 2.45) is 5.92 Å². The van der Waals surface area contributed by atoms with Crippen molar-refractivity contribution in [3.63, 3.8) is 0 Å². The number of thiazole rings is 1. The van der Waals surface area contributed by atoms with Gasteiger partial charge in [-0.05, 0) is 80.1 Å². The van der Waals surface area contributed by atoms with Crippen LogP contribution in [0, 0.1) is 25.6 Å². The molecule has 1 aliphatic heterocycles. The lowest BCUT2D eigenvalue weighted by Crippen LogP contribution is -2.52. The van der Waals surface area contributed by atoms with Crippen molar-refractivity contribution in [3.05, 3.63) is 69.9 Å². The van der Waals surface area contributed by atoms with Crippen LogP contribution in [-0.4, -0.2) is 69.8 Å². The van der Waals surface area contributed by atoms with Gasteiger partial charge < -0.3 is 5.11 Å². The fraction of sp³-hybridized carbons (Fsp3) is 0.407. The van der Waals surface area contributed by atoms with Crippen LogP contribution in [0.25, 0.3) is 16.6 Å². The highest BCUT2D eigenvalue weighted by Crippen LogP contribution is 2.36. The maximum absolute atomic E-state index is 13.5. The van der Waals surface area contributed by atoms with Gasteiger partial charge in [0.1, 0.15) is 5.82 Å². The highest BCUT2D eigenvalue weighted by atomic mass is 32.2. The maximum atomic E-state index is 13.5. The van der Waals surface area contributed by atoms with Gasteiger partial charge in [0.25, 0.3) is 10.0 Å². The standard InChI is InChI=1S/C27H30FN5O3S2/c1-17-9-25-20(13-29-33(25)22-5-3-21(28)4-6-22)12-24(17)26-15-32(38(35,36)27-16-37-18(2)30-27)8-7-31(26)14-19-10-23(34)11-19/h3-6,9,12-13,16,19,23,26,34H,7-8,10-11,14-15H2,1-2H3/t19?,23?,26-/m1/s1. The Kier molecular flexibility index (Phi) is 6.59. The van der Waals surface area contributed by atoms with Crippen LogP contribution in [0.15, 0.2) is 53.0 Å². The predicted molar refractivity (Wildman–Crippen MR) is 144 cm³/mol. The fourth-order valence-electron chi connectivity index (χ4n) is 5.65. The number of rotatable bonds is 6. The number of hydrogen-bond acceptors (Lipinski definition) is 7. The summed E-state index contributed by atoms with van der Waals surface area (Å²) in [5.41, 5.74) is 3.77. The molecular weight excluding hydrogens is 525 g/mol. The van der Waals surface area contributed by atoms with Crippen molar-refractivity contribution in [2.75, 3.05) is 26.2 Å². The first-order valence-electron chi connectivity index (χ1n) is 12.8. The summed E-state index contributed by atoms with van der Waals surface area (Å²) in [5, 5.41) is 17.8.